The number of ether oxygens (including phenoxy) is 1. The van der Waals surface area contributed by atoms with Crippen molar-refractivity contribution in [1.82, 2.24) is 10.3 Å². The summed E-state index contributed by atoms with van der Waals surface area (Å²) in [6.07, 6.45) is 0.206. The number of H-pyrrole nitrogens is 1. The number of carboxylic acids is 1. The molecule has 3 N–H and O–H groups in total. The van der Waals surface area contributed by atoms with Crippen molar-refractivity contribution in [1.29, 1.82) is 0 Å². The van der Waals surface area contributed by atoms with Gasteiger partial charge in [-0.1, -0.05) is 23.2 Å². The first-order valence-corrected chi connectivity index (χ1v) is 7.29. The van der Waals surface area contributed by atoms with Crippen LogP contribution in [0.15, 0.2) is 18.2 Å². The van der Waals surface area contributed by atoms with Gasteiger partial charge in [0.1, 0.15) is 5.69 Å². The molecule has 2 aromatic rings. The Morgan fingerprint density at radius 3 is 2.77 bits per heavy atom. The van der Waals surface area contributed by atoms with Crippen molar-refractivity contribution in [2.45, 2.75) is 12.0 Å². The number of amides is 1. The predicted molar refractivity (Wildman–Crippen MR) is 81.6 cm³/mol. The number of aromatic nitrogens is 1. The third-order valence-electron chi connectivity index (χ3n) is 3.71. The van der Waals surface area contributed by atoms with Gasteiger partial charge in [0.15, 0.2) is 5.54 Å². The van der Waals surface area contributed by atoms with Crippen LogP contribution in [0.3, 0.4) is 0 Å². The number of benzene rings is 1. The highest BCUT2D eigenvalue weighted by Crippen LogP contribution is 2.30. The van der Waals surface area contributed by atoms with E-state index in [4.69, 9.17) is 27.9 Å². The average Bonchev–Trinajstić information content (AvgIpc) is 3.06. The molecule has 1 unspecified atom stereocenters. The fraction of sp³-hybridized carbons (Fsp3) is 0.286. The van der Waals surface area contributed by atoms with Gasteiger partial charge < -0.3 is 20.1 Å². The number of hydrogen-bond donors (Lipinski definition) is 3. The van der Waals surface area contributed by atoms with Gasteiger partial charge in [-0.25, -0.2) is 4.79 Å². The van der Waals surface area contributed by atoms with Crippen molar-refractivity contribution in [2.24, 2.45) is 0 Å². The maximum absolute atomic E-state index is 12.4. The van der Waals surface area contributed by atoms with E-state index in [2.05, 4.69) is 10.3 Å². The van der Waals surface area contributed by atoms with Crippen LogP contribution >= 0.6 is 23.2 Å². The number of carbonyl (C=O) groups is 2. The molecule has 0 radical (unpaired) electrons. The number of nitrogens with one attached hydrogen (secondary N) is 2. The lowest BCUT2D eigenvalue weighted by Gasteiger charge is -2.23. The highest BCUT2D eigenvalue weighted by atomic mass is 35.5. The number of halogens is 2. The second kappa shape index (κ2) is 5.46. The average molecular weight is 343 g/mol. The minimum Gasteiger partial charge on any atom is -0.479 e. The summed E-state index contributed by atoms with van der Waals surface area (Å²) in [4.78, 5) is 26.7. The Labute approximate surface area is 135 Å². The zero-order valence-electron chi connectivity index (χ0n) is 11.3. The zero-order chi connectivity index (χ0) is 15.9. The van der Waals surface area contributed by atoms with Gasteiger partial charge in [-0.3, -0.25) is 4.79 Å². The van der Waals surface area contributed by atoms with E-state index in [0.717, 1.165) is 0 Å². The Morgan fingerprint density at radius 1 is 1.36 bits per heavy atom. The highest BCUT2D eigenvalue weighted by Gasteiger charge is 2.44. The normalized spacial score (nSPS) is 21.2. The number of hydrogen-bond acceptors (Lipinski definition) is 3. The maximum atomic E-state index is 12.4. The summed E-state index contributed by atoms with van der Waals surface area (Å²) < 4.78 is 5.11. The van der Waals surface area contributed by atoms with E-state index in [1.807, 2.05) is 0 Å². The quantitative estimate of drug-likeness (QED) is 0.798. The third-order valence-corrected chi connectivity index (χ3v) is 4.34. The molecule has 116 valence electrons. The molecule has 0 spiro atoms. The van der Waals surface area contributed by atoms with Crippen molar-refractivity contribution in [3.05, 3.63) is 33.9 Å². The smallest absolute Gasteiger partial charge is 0.331 e. The molecule has 1 aliphatic rings. The topological polar surface area (TPSA) is 91.4 Å². The van der Waals surface area contributed by atoms with Gasteiger partial charge >= 0.3 is 5.97 Å². The van der Waals surface area contributed by atoms with Crippen molar-refractivity contribution in [3.8, 4) is 0 Å². The van der Waals surface area contributed by atoms with Crippen LogP contribution in [0.5, 0.6) is 0 Å². The number of aliphatic carboxylic acids is 1. The minimum atomic E-state index is -1.42. The Hall–Kier alpha value is -1.76. The van der Waals surface area contributed by atoms with E-state index in [1.165, 1.54) is 0 Å². The second-order valence-electron chi connectivity index (χ2n) is 5.15. The Morgan fingerprint density at radius 2 is 2.14 bits per heavy atom. The Bertz CT molecular complexity index is 766. The fourth-order valence-corrected chi connectivity index (χ4v) is 2.91. The molecule has 2 heterocycles. The van der Waals surface area contributed by atoms with Crippen LogP contribution < -0.4 is 5.32 Å². The summed E-state index contributed by atoms with van der Waals surface area (Å²) in [5, 5.41) is 13.2. The summed E-state index contributed by atoms with van der Waals surface area (Å²) in [7, 11) is 0. The van der Waals surface area contributed by atoms with Crippen molar-refractivity contribution in [3.63, 3.8) is 0 Å². The first-order valence-electron chi connectivity index (χ1n) is 6.53. The summed E-state index contributed by atoms with van der Waals surface area (Å²) in [5.74, 6) is -1.72. The predicted octanol–water partition coefficient (Wildman–Crippen LogP) is 2.45. The third kappa shape index (κ3) is 2.43. The molecule has 1 aromatic carbocycles. The second-order valence-corrected chi connectivity index (χ2v) is 5.96. The maximum Gasteiger partial charge on any atom is 0.331 e. The van der Waals surface area contributed by atoms with Gasteiger partial charge in [0, 0.05) is 29.0 Å². The van der Waals surface area contributed by atoms with Gasteiger partial charge in [-0.2, -0.15) is 0 Å². The van der Waals surface area contributed by atoms with Gasteiger partial charge in [0.05, 0.1) is 11.6 Å². The number of aromatic amines is 1. The number of carbonyl (C=O) groups excluding carboxylic acids is 1. The first-order chi connectivity index (χ1) is 10.4. The van der Waals surface area contributed by atoms with Crippen LogP contribution in [0.4, 0.5) is 0 Å². The molecule has 1 atom stereocenters. The summed E-state index contributed by atoms with van der Waals surface area (Å²) in [6.45, 7) is 0.209. The SMILES string of the molecule is O=C(NC1(C(=O)O)CCOC1)c1[nH]c2ccc(Cl)cc2c1Cl. The van der Waals surface area contributed by atoms with Gasteiger partial charge in [0.25, 0.3) is 5.91 Å². The van der Waals surface area contributed by atoms with E-state index in [-0.39, 0.29) is 30.4 Å². The molecule has 8 heteroatoms. The Balaban J connectivity index is 1.95. The molecule has 22 heavy (non-hydrogen) atoms. The Kier molecular flexibility index (Phi) is 3.76. The van der Waals surface area contributed by atoms with E-state index < -0.39 is 17.4 Å². The van der Waals surface area contributed by atoms with Crippen LogP contribution in [-0.2, 0) is 9.53 Å². The lowest BCUT2D eigenvalue weighted by molar-refractivity contribution is -0.144. The molecule has 0 bridgehead atoms. The summed E-state index contributed by atoms with van der Waals surface area (Å²) in [6, 6.07) is 5.01. The molecule has 1 aliphatic heterocycles. The van der Waals surface area contributed by atoms with E-state index >= 15 is 0 Å². The lowest BCUT2D eigenvalue weighted by atomic mass is 9.99. The van der Waals surface area contributed by atoms with Crippen LogP contribution in [0.1, 0.15) is 16.9 Å². The van der Waals surface area contributed by atoms with E-state index in [9.17, 15) is 14.7 Å². The monoisotopic (exact) mass is 342 g/mol. The minimum absolute atomic E-state index is 0.0717. The zero-order valence-corrected chi connectivity index (χ0v) is 12.8. The molecule has 0 saturated carbocycles. The van der Waals surface area contributed by atoms with Gasteiger partial charge in [-0.05, 0) is 18.2 Å². The number of rotatable bonds is 3. The molecule has 6 nitrogen and oxygen atoms in total. The molecule has 0 aliphatic carbocycles. The van der Waals surface area contributed by atoms with Crippen LogP contribution in [-0.4, -0.2) is 40.7 Å². The van der Waals surface area contributed by atoms with Crippen LogP contribution in [0.2, 0.25) is 10.0 Å². The highest BCUT2D eigenvalue weighted by molar-refractivity contribution is 6.39. The van der Waals surface area contributed by atoms with E-state index in [0.29, 0.717) is 15.9 Å². The number of carboxylic acid groups (broad SMARTS) is 1. The molecule has 3 rings (SSSR count). The molecule has 1 fully saturated rings. The lowest BCUT2D eigenvalue weighted by Crippen LogP contribution is -2.55. The van der Waals surface area contributed by atoms with Gasteiger partial charge in [0.2, 0.25) is 0 Å². The van der Waals surface area contributed by atoms with Gasteiger partial charge in [-0.15, -0.1) is 0 Å². The fourth-order valence-electron chi connectivity index (χ4n) is 2.45. The molecule has 1 amide bonds. The van der Waals surface area contributed by atoms with Crippen molar-refractivity contribution in [2.75, 3.05) is 13.2 Å². The van der Waals surface area contributed by atoms with Crippen molar-refractivity contribution >= 4 is 46.0 Å². The van der Waals surface area contributed by atoms with Crippen LogP contribution in [0.25, 0.3) is 10.9 Å². The van der Waals surface area contributed by atoms with E-state index in [1.54, 1.807) is 18.2 Å². The first kappa shape index (κ1) is 15.1. The molecular weight excluding hydrogens is 331 g/mol. The molecule has 1 saturated heterocycles. The van der Waals surface area contributed by atoms with Crippen molar-refractivity contribution < 1.29 is 19.4 Å². The molecule has 1 aromatic heterocycles. The van der Waals surface area contributed by atoms with Crippen LogP contribution in [0, 0.1) is 0 Å². The summed E-state index contributed by atoms with van der Waals surface area (Å²) >= 11 is 12.1. The molecular formula is C14H12Cl2N2O4. The number of fused-ring (bicyclic) bond motifs is 1. The standard InChI is InChI=1S/C14H12Cl2N2O4/c15-7-1-2-9-8(5-7)10(16)11(17-9)12(19)18-14(13(20)21)3-4-22-6-14/h1-2,5,17H,3-4,6H2,(H,18,19)(H,20,21). The largest absolute Gasteiger partial charge is 0.479 e. The summed E-state index contributed by atoms with van der Waals surface area (Å²) in [5.41, 5.74) is -0.673.